The molecule has 0 N–H and O–H groups in total. The van der Waals surface area contributed by atoms with Gasteiger partial charge in [0.2, 0.25) is 5.91 Å². The van der Waals surface area contributed by atoms with Crippen LogP contribution in [0.15, 0.2) is 45.1 Å². The first-order valence-electron chi connectivity index (χ1n) is 8.28. The van der Waals surface area contributed by atoms with E-state index in [-0.39, 0.29) is 36.2 Å². The quantitative estimate of drug-likeness (QED) is 0.618. The molecule has 1 fully saturated rings. The van der Waals surface area contributed by atoms with E-state index in [0.717, 1.165) is 15.8 Å². The number of nitrogens with zero attached hydrogens (tertiary/aromatic N) is 2. The molecule has 1 aromatic heterocycles. The molecule has 0 atom stereocenters. The summed E-state index contributed by atoms with van der Waals surface area (Å²) < 4.78 is 33.7. The van der Waals surface area contributed by atoms with Gasteiger partial charge in [-0.3, -0.25) is 4.79 Å². The van der Waals surface area contributed by atoms with Crippen molar-refractivity contribution in [3.8, 4) is 5.75 Å². The molecule has 1 saturated heterocycles. The molecule has 6 nitrogen and oxygen atoms in total. The number of hydrogen-bond acceptors (Lipinski definition) is 5. The van der Waals surface area contributed by atoms with E-state index >= 15 is 0 Å². The van der Waals surface area contributed by atoms with Gasteiger partial charge in [0.25, 0.3) is 10.0 Å². The number of carbonyl (C=O) groups is 1. The van der Waals surface area contributed by atoms with Crippen molar-refractivity contribution in [2.24, 2.45) is 0 Å². The Morgan fingerprint density at radius 2 is 1.93 bits per heavy atom. The third-order valence-electron chi connectivity index (χ3n) is 4.11. The molecular weight excluding hydrogens is 476 g/mol. The van der Waals surface area contributed by atoms with Gasteiger partial charge in [-0.2, -0.15) is 4.31 Å². The van der Waals surface area contributed by atoms with E-state index < -0.39 is 10.0 Å². The van der Waals surface area contributed by atoms with Crippen molar-refractivity contribution < 1.29 is 17.9 Å². The standard InChI is InChI=1S/C17H18BrClN2O4S2/c18-13-2-1-3-14(12-13)25-11-6-16(22)20-7-9-21(10-8-20)27(23,24)17-5-4-15(19)26-17/h1-5,12H,6-11H2. The molecule has 1 aliphatic heterocycles. The van der Waals surface area contributed by atoms with E-state index in [9.17, 15) is 13.2 Å². The third-order valence-corrected chi connectivity index (χ3v) is 8.21. The first-order valence-corrected chi connectivity index (χ1v) is 11.7. The summed E-state index contributed by atoms with van der Waals surface area (Å²) in [5, 5.41) is 0. The van der Waals surface area contributed by atoms with Gasteiger partial charge in [-0.1, -0.05) is 33.6 Å². The largest absolute Gasteiger partial charge is 0.493 e. The minimum atomic E-state index is -3.55. The van der Waals surface area contributed by atoms with Gasteiger partial charge in [0.05, 0.1) is 17.4 Å². The van der Waals surface area contributed by atoms with Crippen molar-refractivity contribution >= 4 is 54.8 Å². The predicted octanol–water partition coefficient (Wildman–Crippen LogP) is 3.47. The Hall–Kier alpha value is -1.13. The summed E-state index contributed by atoms with van der Waals surface area (Å²) in [4.78, 5) is 14.0. The monoisotopic (exact) mass is 492 g/mol. The number of ether oxygens (including phenoxy) is 1. The van der Waals surface area contributed by atoms with Gasteiger partial charge in [0, 0.05) is 30.7 Å². The molecule has 3 rings (SSSR count). The summed E-state index contributed by atoms with van der Waals surface area (Å²) in [6, 6.07) is 10.5. The molecule has 146 valence electrons. The molecule has 10 heteroatoms. The van der Waals surface area contributed by atoms with E-state index in [1.165, 1.54) is 10.4 Å². The highest BCUT2D eigenvalue weighted by atomic mass is 79.9. The number of halogens is 2. The Labute approximate surface area is 175 Å². The van der Waals surface area contributed by atoms with Crippen molar-refractivity contribution in [3.63, 3.8) is 0 Å². The Balaban J connectivity index is 1.48. The predicted molar refractivity (Wildman–Crippen MR) is 109 cm³/mol. The first kappa shape index (κ1) is 20.6. The van der Waals surface area contributed by atoms with Crippen molar-refractivity contribution in [2.75, 3.05) is 32.8 Å². The number of sulfonamides is 1. The highest BCUT2D eigenvalue weighted by molar-refractivity contribution is 9.10. The highest BCUT2D eigenvalue weighted by Crippen LogP contribution is 2.28. The van der Waals surface area contributed by atoms with Gasteiger partial charge in [0.1, 0.15) is 9.96 Å². The molecule has 0 spiro atoms. The summed E-state index contributed by atoms with van der Waals surface area (Å²) in [6.45, 7) is 1.57. The van der Waals surface area contributed by atoms with Gasteiger partial charge < -0.3 is 9.64 Å². The maximum absolute atomic E-state index is 12.6. The van der Waals surface area contributed by atoms with E-state index in [1.54, 1.807) is 11.0 Å². The number of carbonyl (C=O) groups excluding carboxylic acids is 1. The molecule has 27 heavy (non-hydrogen) atoms. The number of amides is 1. The Bertz CT molecular complexity index is 911. The molecule has 0 radical (unpaired) electrons. The smallest absolute Gasteiger partial charge is 0.252 e. The van der Waals surface area contributed by atoms with Crippen LogP contribution in [0.1, 0.15) is 6.42 Å². The lowest BCUT2D eigenvalue weighted by molar-refractivity contribution is -0.132. The third kappa shape index (κ3) is 5.23. The summed E-state index contributed by atoms with van der Waals surface area (Å²) in [7, 11) is -3.55. The van der Waals surface area contributed by atoms with Crippen LogP contribution < -0.4 is 4.74 Å². The zero-order valence-corrected chi connectivity index (χ0v) is 18.3. The van der Waals surface area contributed by atoms with Gasteiger partial charge in [-0.05, 0) is 30.3 Å². The molecule has 0 unspecified atom stereocenters. The Morgan fingerprint density at radius 3 is 2.56 bits per heavy atom. The summed E-state index contributed by atoms with van der Waals surface area (Å²) in [5.41, 5.74) is 0. The van der Waals surface area contributed by atoms with Crippen molar-refractivity contribution in [1.29, 1.82) is 0 Å². The number of hydrogen-bond donors (Lipinski definition) is 0. The average Bonchev–Trinajstić information content (AvgIpc) is 3.09. The van der Waals surface area contributed by atoms with E-state index in [1.807, 2.05) is 24.3 Å². The number of benzene rings is 1. The molecule has 2 heterocycles. The van der Waals surface area contributed by atoms with Crippen LogP contribution in [0.25, 0.3) is 0 Å². The fourth-order valence-electron chi connectivity index (χ4n) is 2.71. The summed E-state index contributed by atoms with van der Waals surface area (Å²) >= 11 is 10.3. The van der Waals surface area contributed by atoms with Gasteiger partial charge in [-0.25, -0.2) is 8.42 Å². The lowest BCUT2D eigenvalue weighted by Crippen LogP contribution is -2.50. The van der Waals surface area contributed by atoms with Crippen LogP contribution >= 0.6 is 38.9 Å². The van der Waals surface area contributed by atoms with Crippen molar-refractivity contribution in [3.05, 3.63) is 45.2 Å². The normalized spacial score (nSPS) is 15.7. The summed E-state index contributed by atoms with van der Waals surface area (Å²) in [5.74, 6) is 0.656. The SMILES string of the molecule is O=C(CCOc1cccc(Br)c1)N1CCN(S(=O)(=O)c2ccc(Cl)s2)CC1. The molecule has 1 aromatic carbocycles. The first-order chi connectivity index (χ1) is 12.9. The fraction of sp³-hybridized carbons (Fsp3) is 0.353. The topological polar surface area (TPSA) is 66.9 Å². The molecule has 0 aliphatic carbocycles. The molecule has 2 aromatic rings. The minimum absolute atomic E-state index is 0.0405. The number of rotatable bonds is 6. The van der Waals surface area contributed by atoms with Crippen LogP contribution in [0.3, 0.4) is 0 Å². The average molecular weight is 494 g/mol. The number of thiophene rings is 1. The minimum Gasteiger partial charge on any atom is -0.493 e. The second-order valence-electron chi connectivity index (χ2n) is 5.90. The Morgan fingerprint density at radius 1 is 1.19 bits per heavy atom. The fourth-order valence-corrected chi connectivity index (χ4v) is 6.15. The van der Waals surface area contributed by atoms with Gasteiger partial charge in [-0.15, -0.1) is 11.3 Å². The second kappa shape index (κ2) is 8.91. The second-order valence-corrected chi connectivity index (χ2v) is 10.7. The van der Waals surface area contributed by atoms with Crippen LogP contribution in [-0.2, 0) is 14.8 Å². The van der Waals surface area contributed by atoms with E-state index in [0.29, 0.717) is 23.2 Å². The summed E-state index contributed by atoms with van der Waals surface area (Å²) in [6.07, 6.45) is 0.250. The van der Waals surface area contributed by atoms with Crippen LogP contribution in [0.5, 0.6) is 5.75 Å². The maximum atomic E-state index is 12.6. The molecular formula is C17H18BrClN2O4S2. The van der Waals surface area contributed by atoms with Crippen LogP contribution in [0, 0.1) is 0 Å². The lowest BCUT2D eigenvalue weighted by Gasteiger charge is -2.33. The van der Waals surface area contributed by atoms with Crippen molar-refractivity contribution in [2.45, 2.75) is 10.6 Å². The van der Waals surface area contributed by atoms with Gasteiger partial charge in [0.15, 0.2) is 0 Å². The molecule has 1 amide bonds. The maximum Gasteiger partial charge on any atom is 0.252 e. The highest BCUT2D eigenvalue weighted by Gasteiger charge is 2.30. The zero-order chi connectivity index (χ0) is 19.4. The van der Waals surface area contributed by atoms with E-state index in [2.05, 4.69) is 15.9 Å². The van der Waals surface area contributed by atoms with Crippen LogP contribution in [0.2, 0.25) is 4.34 Å². The van der Waals surface area contributed by atoms with Crippen LogP contribution in [0.4, 0.5) is 0 Å². The Kier molecular flexibility index (Phi) is 6.80. The molecule has 0 bridgehead atoms. The lowest BCUT2D eigenvalue weighted by atomic mass is 10.3. The van der Waals surface area contributed by atoms with Crippen molar-refractivity contribution in [1.82, 2.24) is 9.21 Å². The van der Waals surface area contributed by atoms with Gasteiger partial charge >= 0.3 is 0 Å². The number of piperazine rings is 1. The van der Waals surface area contributed by atoms with E-state index in [4.69, 9.17) is 16.3 Å². The molecule has 0 saturated carbocycles. The van der Waals surface area contributed by atoms with Crippen LogP contribution in [-0.4, -0.2) is 56.3 Å². The zero-order valence-electron chi connectivity index (χ0n) is 14.3. The molecule has 1 aliphatic rings.